The van der Waals surface area contributed by atoms with Crippen molar-refractivity contribution in [2.75, 3.05) is 6.54 Å². The molecule has 3 nitrogen and oxygen atoms in total. The van der Waals surface area contributed by atoms with Gasteiger partial charge in [0, 0.05) is 47.6 Å². The highest BCUT2D eigenvalue weighted by Gasteiger charge is 2.35. The van der Waals surface area contributed by atoms with Gasteiger partial charge in [-0.3, -0.25) is 4.79 Å². The number of carbonyl (C=O) groups excluding carboxylic acids is 1. The first kappa shape index (κ1) is 13.9. The number of hydrogen-bond acceptors (Lipinski definition) is 1. The van der Waals surface area contributed by atoms with Gasteiger partial charge < -0.3 is 9.88 Å². The molecule has 116 valence electrons. The second kappa shape index (κ2) is 4.61. The molecule has 2 aromatic rings. The molecule has 1 fully saturated rings. The van der Waals surface area contributed by atoms with Crippen molar-refractivity contribution in [1.82, 2.24) is 9.88 Å². The van der Waals surface area contributed by atoms with Gasteiger partial charge in [0.1, 0.15) is 0 Å². The number of aromatic nitrogens is 1. The molecule has 2 heterocycles. The third-order valence-corrected chi connectivity index (χ3v) is 5.08. The quantitative estimate of drug-likeness (QED) is 0.854. The maximum Gasteiger partial charge on any atom is 0.225 e. The Labute approximate surface area is 131 Å². The van der Waals surface area contributed by atoms with Crippen molar-refractivity contribution < 1.29 is 4.79 Å². The predicted molar refractivity (Wildman–Crippen MR) is 88.8 cm³/mol. The molecule has 1 aliphatic carbocycles. The lowest BCUT2D eigenvalue weighted by molar-refractivity contribution is -0.133. The van der Waals surface area contributed by atoms with Crippen LogP contribution in [-0.2, 0) is 23.2 Å². The first-order valence-corrected chi connectivity index (χ1v) is 8.36. The van der Waals surface area contributed by atoms with Crippen molar-refractivity contribution in [3.63, 3.8) is 0 Å². The van der Waals surface area contributed by atoms with Gasteiger partial charge >= 0.3 is 0 Å². The van der Waals surface area contributed by atoms with Crippen LogP contribution >= 0.6 is 0 Å². The molecule has 0 unspecified atom stereocenters. The fraction of sp³-hybridized carbons (Fsp3) is 0.526. The maximum atomic E-state index is 12.4. The summed E-state index contributed by atoms with van der Waals surface area (Å²) in [6.07, 6.45) is 3.13. The van der Waals surface area contributed by atoms with Gasteiger partial charge in [-0.1, -0.05) is 26.8 Å². The molecule has 3 heteroatoms. The summed E-state index contributed by atoms with van der Waals surface area (Å²) in [7, 11) is 0. The standard InChI is InChI=1S/C19H24N2O/c1-19(2,3)13-6-7-16-14(10-13)15-11-21(9-8-17(15)20-16)18(22)12-4-5-12/h6-7,10,12,20H,4-5,8-9,11H2,1-3H3. The van der Waals surface area contributed by atoms with Gasteiger partial charge in [-0.2, -0.15) is 0 Å². The van der Waals surface area contributed by atoms with E-state index < -0.39 is 0 Å². The summed E-state index contributed by atoms with van der Waals surface area (Å²) >= 11 is 0. The summed E-state index contributed by atoms with van der Waals surface area (Å²) in [5.41, 5.74) is 5.37. The summed E-state index contributed by atoms with van der Waals surface area (Å²) in [5, 5.41) is 1.30. The first-order valence-electron chi connectivity index (χ1n) is 8.36. The molecule has 0 radical (unpaired) electrons. The summed E-state index contributed by atoms with van der Waals surface area (Å²) in [4.78, 5) is 18.0. The van der Waals surface area contributed by atoms with Crippen LogP contribution < -0.4 is 0 Å². The van der Waals surface area contributed by atoms with Crippen LogP contribution in [0.2, 0.25) is 0 Å². The molecule has 1 amide bonds. The molecule has 1 saturated carbocycles. The number of nitrogens with zero attached hydrogens (tertiary/aromatic N) is 1. The van der Waals surface area contributed by atoms with Crippen molar-refractivity contribution in [1.29, 1.82) is 0 Å². The van der Waals surface area contributed by atoms with Crippen LogP contribution in [0.1, 0.15) is 50.4 Å². The highest BCUT2D eigenvalue weighted by atomic mass is 16.2. The minimum atomic E-state index is 0.149. The summed E-state index contributed by atoms with van der Waals surface area (Å²) in [5.74, 6) is 0.684. The Morgan fingerprint density at radius 3 is 2.73 bits per heavy atom. The van der Waals surface area contributed by atoms with Crippen LogP contribution in [-0.4, -0.2) is 22.3 Å². The topological polar surface area (TPSA) is 36.1 Å². The summed E-state index contributed by atoms with van der Waals surface area (Å²) in [6, 6.07) is 6.73. The average molecular weight is 296 g/mol. The number of nitrogens with one attached hydrogen (secondary N) is 1. The average Bonchev–Trinajstić information content (AvgIpc) is 3.26. The number of carbonyl (C=O) groups is 1. The number of H-pyrrole nitrogens is 1. The van der Waals surface area contributed by atoms with E-state index in [-0.39, 0.29) is 5.41 Å². The maximum absolute atomic E-state index is 12.4. The second-order valence-corrected chi connectivity index (χ2v) is 7.88. The predicted octanol–water partition coefficient (Wildman–Crippen LogP) is 3.76. The SMILES string of the molecule is CC(C)(C)c1ccc2[nH]c3c(c2c1)CN(C(=O)C1CC1)CC3. The van der Waals surface area contributed by atoms with Crippen LogP contribution in [0.4, 0.5) is 0 Å². The van der Waals surface area contributed by atoms with Crippen LogP contribution in [0.3, 0.4) is 0 Å². The number of rotatable bonds is 1. The number of benzene rings is 1. The molecule has 4 rings (SSSR count). The largest absolute Gasteiger partial charge is 0.358 e. The molecule has 1 aromatic heterocycles. The zero-order valence-electron chi connectivity index (χ0n) is 13.7. The molecule has 0 saturated heterocycles. The van der Waals surface area contributed by atoms with Crippen LogP contribution in [0, 0.1) is 5.92 Å². The van der Waals surface area contributed by atoms with Gasteiger partial charge in [-0.25, -0.2) is 0 Å². The van der Waals surface area contributed by atoms with E-state index >= 15 is 0 Å². The summed E-state index contributed by atoms with van der Waals surface area (Å²) < 4.78 is 0. The van der Waals surface area contributed by atoms with E-state index in [4.69, 9.17) is 0 Å². The van der Waals surface area contributed by atoms with E-state index in [1.807, 2.05) is 0 Å². The smallest absolute Gasteiger partial charge is 0.225 e. The monoisotopic (exact) mass is 296 g/mol. The third-order valence-electron chi connectivity index (χ3n) is 5.08. The van der Waals surface area contributed by atoms with Crippen LogP contribution in [0.5, 0.6) is 0 Å². The molecule has 0 bridgehead atoms. The highest BCUT2D eigenvalue weighted by Crippen LogP contribution is 2.35. The lowest BCUT2D eigenvalue weighted by Crippen LogP contribution is -2.36. The van der Waals surface area contributed by atoms with E-state index in [1.54, 1.807) is 0 Å². The molecule has 1 N–H and O–H groups in total. The van der Waals surface area contributed by atoms with E-state index in [2.05, 4.69) is 48.9 Å². The van der Waals surface area contributed by atoms with Crippen molar-refractivity contribution in [3.8, 4) is 0 Å². The van der Waals surface area contributed by atoms with Gasteiger partial charge in [-0.05, 0) is 36.0 Å². The Balaban J connectivity index is 1.74. The van der Waals surface area contributed by atoms with Crippen LogP contribution in [0.15, 0.2) is 18.2 Å². The Kier molecular flexibility index (Phi) is 2.91. The van der Waals surface area contributed by atoms with E-state index in [0.717, 1.165) is 32.4 Å². The number of amides is 1. The van der Waals surface area contributed by atoms with Crippen LogP contribution in [0.25, 0.3) is 10.9 Å². The van der Waals surface area contributed by atoms with E-state index in [0.29, 0.717) is 11.8 Å². The van der Waals surface area contributed by atoms with Crippen molar-refractivity contribution in [2.24, 2.45) is 5.92 Å². The minimum absolute atomic E-state index is 0.149. The van der Waals surface area contributed by atoms with Gasteiger partial charge in [-0.15, -0.1) is 0 Å². The number of hydrogen-bond donors (Lipinski definition) is 1. The number of aromatic amines is 1. The molecule has 22 heavy (non-hydrogen) atoms. The zero-order valence-corrected chi connectivity index (χ0v) is 13.7. The van der Waals surface area contributed by atoms with Gasteiger partial charge in [0.25, 0.3) is 0 Å². The minimum Gasteiger partial charge on any atom is -0.358 e. The molecule has 1 aromatic carbocycles. The molecule has 0 spiro atoms. The number of fused-ring (bicyclic) bond motifs is 3. The Bertz CT molecular complexity index is 747. The van der Waals surface area contributed by atoms with Gasteiger partial charge in [0.15, 0.2) is 0 Å². The van der Waals surface area contributed by atoms with E-state index in [1.165, 1.54) is 27.7 Å². The van der Waals surface area contributed by atoms with E-state index in [9.17, 15) is 4.79 Å². The fourth-order valence-corrected chi connectivity index (χ4v) is 3.46. The third kappa shape index (κ3) is 2.23. The lowest BCUT2D eigenvalue weighted by Gasteiger charge is -2.27. The van der Waals surface area contributed by atoms with Crippen molar-refractivity contribution in [2.45, 2.75) is 52.0 Å². The van der Waals surface area contributed by atoms with Gasteiger partial charge in [0.2, 0.25) is 5.91 Å². The molecule has 0 atom stereocenters. The fourth-order valence-electron chi connectivity index (χ4n) is 3.46. The van der Waals surface area contributed by atoms with Crippen molar-refractivity contribution in [3.05, 3.63) is 35.0 Å². The molecular formula is C19H24N2O. The molecular weight excluding hydrogens is 272 g/mol. The molecule has 2 aliphatic rings. The first-order chi connectivity index (χ1) is 10.4. The lowest BCUT2D eigenvalue weighted by atomic mass is 9.86. The zero-order chi connectivity index (χ0) is 15.5. The molecule has 1 aliphatic heterocycles. The Morgan fingerprint density at radius 1 is 1.27 bits per heavy atom. The highest BCUT2D eigenvalue weighted by molar-refractivity contribution is 5.87. The van der Waals surface area contributed by atoms with Gasteiger partial charge in [0.05, 0.1) is 0 Å². The summed E-state index contributed by atoms with van der Waals surface area (Å²) in [6.45, 7) is 8.38. The Morgan fingerprint density at radius 2 is 2.05 bits per heavy atom. The second-order valence-electron chi connectivity index (χ2n) is 7.88. The normalized spacial score (nSPS) is 18.6. The Hall–Kier alpha value is -1.77. The van der Waals surface area contributed by atoms with Crippen molar-refractivity contribution >= 4 is 16.8 Å².